The molecule has 0 aromatic carbocycles. The van der Waals surface area contributed by atoms with E-state index in [0.717, 1.165) is 0 Å². The number of rotatable bonds is 17. The maximum atomic E-state index is 13.7. The van der Waals surface area contributed by atoms with Crippen LogP contribution >= 0.6 is 0 Å². The minimum absolute atomic E-state index is 0.299. The van der Waals surface area contributed by atoms with Gasteiger partial charge in [-0.3, -0.25) is 9.59 Å². The third-order valence-corrected chi connectivity index (χ3v) is 10.3. The summed E-state index contributed by atoms with van der Waals surface area (Å²) in [4.78, 5) is 40.1. The first-order chi connectivity index (χ1) is 15.7. The summed E-state index contributed by atoms with van der Waals surface area (Å²) in [7, 11) is 0. The van der Waals surface area contributed by atoms with E-state index >= 15 is 0 Å². The van der Waals surface area contributed by atoms with Gasteiger partial charge in [-0.25, -0.2) is 4.79 Å². The van der Waals surface area contributed by atoms with Crippen LogP contribution in [0.5, 0.6) is 0 Å². The van der Waals surface area contributed by atoms with Crippen molar-refractivity contribution < 1.29 is 34.8 Å². The van der Waals surface area contributed by atoms with Gasteiger partial charge in [0.15, 0.2) is 5.60 Å². The monoisotopic (exact) mass is 486 g/mol. The molecule has 0 amide bonds. The van der Waals surface area contributed by atoms with Crippen molar-refractivity contribution in [2.75, 3.05) is 0 Å². The number of carboxylic acids is 3. The lowest BCUT2D eigenvalue weighted by molar-refractivity contribution is -0.269. The van der Waals surface area contributed by atoms with Crippen LogP contribution in [0.3, 0.4) is 0 Å². The van der Waals surface area contributed by atoms with Gasteiger partial charge in [0.2, 0.25) is 0 Å². The summed E-state index contributed by atoms with van der Waals surface area (Å²) in [5, 5.41) is 45.2. The van der Waals surface area contributed by atoms with E-state index in [1.165, 1.54) is 0 Å². The Hall–Kier alpha value is -1.63. The van der Waals surface area contributed by atoms with Crippen molar-refractivity contribution in [3.05, 3.63) is 0 Å². The molecule has 0 aromatic heterocycles. The van der Waals surface area contributed by atoms with Gasteiger partial charge in [0.25, 0.3) is 0 Å². The van der Waals surface area contributed by atoms with Crippen LogP contribution in [0.25, 0.3) is 0 Å². The summed E-state index contributed by atoms with van der Waals surface area (Å²) < 4.78 is 0. The second-order valence-electron chi connectivity index (χ2n) is 10.0. The van der Waals surface area contributed by atoms with Gasteiger partial charge in [-0.2, -0.15) is 0 Å². The number of aliphatic hydroxyl groups is 1. The van der Waals surface area contributed by atoms with Gasteiger partial charge in [0.1, 0.15) is 11.3 Å². The molecule has 0 heterocycles. The predicted octanol–water partition coefficient (Wildman–Crippen LogP) is 6.22. The summed E-state index contributed by atoms with van der Waals surface area (Å²) in [6.07, 6.45) is 2.70. The first kappa shape index (κ1) is 32.4. The van der Waals surface area contributed by atoms with Gasteiger partial charge in [0.05, 0.1) is 0 Å². The van der Waals surface area contributed by atoms with E-state index in [1.807, 2.05) is 41.5 Å². The molecular weight excluding hydrogens is 436 g/mol. The van der Waals surface area contributed by atoms with Gasteiger partial charge in [-0.05, 0) is 74.0 Å². The molecule has 0 rings (SSSR count). The molecule has 0 saturated carbocycles. The summed E-state index contributed by atoms with van der Waals surface area (Å²) in [6, 6.07) is 0. The highest BCUT2D eigenvalue weighted by atomic mass is 16.4. The molecule has 0 aliphatic heterocycles. The van der Waals surface area contributed by atoms with E-state index in [2.05, 4.69) is 0 Å². The molecule has 7 nitrogen and oxygen atoms in total. The van der Waals surface area contributed by atoms with Crippen molar-refractivity contribution in [3.8, 4) is 0 Å². The number of carboxylic acid groups (broad SMARTS) is 3. The fourth-order valence-corrected chi connectivity index (χ4v) is 7.83. The summed E-state index contributed by atoms with van der Waals surface area (Å²) >= 11 is 0. The first-order valence-electron chi connectivity index (χ1n) is 13.2. The maximum absolute atomic E-state index is 13.7. The molecule has 0 aliphatic carbocycles. The van der Waals surface area contributed by atoms with Crippen molar-refractivity contribution in [1.29, 1.82) is 0 Å². The predicted molar refractivity (Wildman–Crippen MR) is 134 cm³/mol. The average molecular weight is 487 g/mol. The largest absolute Gasteiger partial charge is 0.481 e. The SMILES string of the molecule is CCC(CC)(CC)C(C(=O)O)C(O)(C(=O)O)C(C(=O)O)(C(CC)(CC)CC)C(CC)(CC)CC. The quantitative estimate of drug-likeness (QED) is 0.192. The average Bonchev–Trinajstić information content (AvgIpc) is 2.82. The molecule has 0 spiro atoms. The highest BCUT2D eigenvalue weighted by Gasteiger charge is 2.80. The van der Waals surface area contributed by atoms with Crippen molar-refractivity contribution in [3.63, 3.8) is 0 Å². The summed E-state index contributed by atoms with van der Waals surface area (Å²) in [5.41, 5.74) is -8.69. The molecule has 0 radical (unpaired) electrons. The first-order valence-corrected chi connectivity index (χ1v) is 13.2. The molecule has 0 aromatic rings. The minimum atomic E-state index is -3.04. The fourth-order valence-electron chi connectivity index (χ4n) is 7.83. The lowest BCUT2D eigenvalue weighted by Crippen LogP contribution is -2.77. The Balaban J connectivity index is 8.56. The van der Waals surface area contributed by atoms with Gasteiger partial charge in [-0.1, -0.05) is 62.3 Å². The minimum Gasteiger partial charge on any atom is -0.481 e. The van der Waals surface area contributed by atoms with E-state index < -0.39 is 51.1 Å². The molecule has 0 aliphatic rings. The Bertz CT molecular complexity index is 657. The Morgan fingerprint density at radius 3 is 1.00 bits per heavy atom. The normalized spacial score (nSPS) is 16.1. The highest BCUT2D eigenvalue weighted by Crippen LogP contribution is 2.69. The summed E-state index contributed by atoms with van der Waals surface area (Å²) in [5.74, 6) is -6.45. The Kier molecular flexibility index (Phi) is 11.3. The smallest absolute Gasteiger partial charge is 0.337 e. The number of aliphatic carboxylic acids is 3. The number of hydrogen-bond acceptors (Lipinski definition) is 4. The van der Waals surface area contributed by atoms with Gasteiger partial charge in [-0.15, -0.1) is 0 Å². The maximum Gasteiger partial charge on any atom is 0.337 e. The molecule has 0 fully saturated rings. The molecular formula is C27H50O7. The van der Waals surface area contributed by atoms with Crippen LogP contribution in [0.15, 0.2) is 0 Å². The number of carbonyl (C=O) groups is 3. The zero-order valence-corrected chi connectivity index (χ0v) is 23.0. The van der Waals surface area contributed by atoms with Crippen molar-refractivity contribution >= 4 is 17.9 Å². The van der Waals surface area contributed by atoms with Crippen molar-refractivity contribution in [2.45, 2.75) is 126 Å². The van der Waals surface area contributed by atoms with Crippen LogP contribution in [0, 0.1) is 27.6 Å². The molecule has 4 N–H and O–H groups in total. The van der Waals surface area contributed by atoms with E-state index in [0.29, 0.717) is 57.8 Å². The number of hydrogen-bond donors (Lipinski definition) is 4. The van der Waals surface area contributed by atoms with Gasteiger partial charge >= 0.3 is 17.9 Å². The second-order valence-corrected chi connectivity index (χ2v) is 10.0. The van der Waals surface area contributed by atoms with Crippen molar-refractivity contribution in [2.24, 2.45) is 27.6 Å². The highest BCUT2D eigenvalue weighted by molar-refractivity contribution is 5.95. The third-order valence-electron chi connectivity index (χ3n) is 10.3. The molecule has 2 atom stereocenters. The van der Waals surface area contributed by atoms with E-state index in [4.69, 9.17) is 0 Å². The van der Waals surface area contributed by atoms with Gasteiger partial charge < -0.3 is 20.4 Å². The summed E-state index contributed by atoms with van der Waals surface area (Å²) in [6.45, 7) is 16.3. The van der Waals surface area contributed by atoms with E-state index in [1.54, 1.807) is 20.8 Å². The lowest BCUT2D eigenvalue weighted by Gasteiger charge is -2.64. The van der Waals surface area contributed by atoms with E-state index in [9.17, 15) is 34.8 Å². The molecule has 200 valence electrons. The Morgan fingerprint density at radius 2 is 0.853 bits per heavy atom. The Morgan fingerprint density at radius 1 is 0.559 bits per heavy atom. The van der Waals surface area contributed by atoms with Crippen LogP contribution in [0.2, 0.25) is 0 Å². The zero-order chi connectivity index (χ0) is 27.2. The fraction of sp³-hybridized carbons (Fsp3) is 0.889. The third kappa shape index (κ3) is 4.06. The van der Waals surface area contributed by atoms with Crippen molar-refractivity contribution in [1.82, 2.24) is 0 Å². The molecule has 0 saturated heterocycles. The molecule has 7 heteroatoms. The van der Waals surface area contributed by atoms with Crippen LogP contribution in [0.4, 0.5) is 0 Å². The molecule has 0 bridgehead atoms. The standard InChI is InChI=1S/C27H50O7/c1-10-23(11-2,12-3)19(20(28)29)26(34,21(30)31)27(22(32)33,24(13-4,14-5)15-6)25(16-7,17-8)18-9/h19,34H,10-18H2,1-9H3,(H,28,29)(H,30,31)(H,32,33). The molecule has 2 unspecified atom stereocenters. The lowest BCUT2D eigenvalue weighted by atomic mass is 9.37. The van der Waals surface area contributed by atoms with Crippen LogP contribution in [-0.2, 0) is 14.4 Å². The van der Waals surface area contributed by atoms with Crippen LogP contribution in [-0.4, -0.2) is 43.9 Å². The van der Waals surface area contributed by atoms with E-state index in [-0.39, 0.29) is 0 Å². The zero-order valence-electron chi connectivity index (χ0n) is 23.0. The topological polar surface area (TPSA) is 132 Å². The van der Waals surface area contributed by atoms with Gasteiger partial charge in [0, 0.05) is 0 Å². The second kappa shape index (κ2) is 11.9. The van der Waals surface area contributed by atoms with Crippen LogP contribution in [0.1, 0.15) is 120 Å². The molecule has 34 heavy (non-hydrogen) atoms. The van der Waals surface area contributed by atoms with Crippen LogP contribution < -0.4 is 0 Å². The Labute approximate surface area is 206 Å².